The summed E-state index contributed by atoms with van der Waals surface area (Å²) in [6, 6.07) is 13.4. The molecule has 0 fully saturated rings. The average molecular weight is 445 g/mol. The predicted molar refractivity (Wildman–Crippen MR) is 111 cm³/mol. The van der Waals surface area contributed by atoms with Gasteiger partial charge in [0.1, 0.15) is 5.82 Å². The first-order valence-electron chi connectivity index (χ1n) is 8.55. The van der Waals surface area contributed by atoms with Gasteiger partial charge < -0.3 is 5.11 Å². The van der Waals surface area contributed by atoms with Gasteiger partial charge in [-0.15, -0.1) is 0 Å². The molecule has 6 nitrogen and oxygen atoms in total. The third-order valence-electron chi connectivity index (χ3n) is 4.55. The minimum absolute atomic E-state index is 0.0145. The Morgan fingerprint density at radius 2 is 1.53 bits per heavy atom. The molecule has 1 aromatic heterocycles. The SMILES string of the molecule is O=C(O)c1ccc(-n2c(=O)n(C(=O)c3c(Cl)cccc3Cl)c3ccc(F)cc32)cc1. The van der Waals surface area contributed by atoms with Gasteiger partial charge in [0.05, 0.1) is 37.9 Å². The number of hydrogen-bond donors (Lipinski definition) is 1. The Kier molecular flexibility index (Phi) is 4.93. The average Bonchev–Trinajstić information content (AvgIpc) is 2.98. The van der Waals surface area contributed by atoms with Crippen LogP contribution in [0, 0.1) is 5.82 Å². The molecule has 9 heteroatoms. The Morgan fingerprint density at radius 1 is 0.900 bits per heavy atom. The highest BCUT2D eigenvalue weighted by atomic mass is 35.5. The molecule has 0 amide bonds. The van der Waals surface area contributed by atoms with E-state index in [9.17, 15) is 18.8 Å². The molecule has 4 rings (SSSR count). The molecular formula is C21H11Cl2FN2O4. The fourth-order valence-corrected chi connectivity index (χ4v) is 3.74. The molecule has 3 aromatic carbocycles. The van der Waals surface area contributed by atoms with Gasteiger partial charge in [0.25, 0.3) is 5.91 Å². The maximum absolute atomic E-state index is 14.0. The largest absolute Gasteiger partial charge is 0.478 e. The summed E-state index contributed by atoms with van der Waals surface area (Å²) in [5, 5.41) is 9.20. The molecule has 4 aromatic rings. The van der Waals surface area contributed by atoms with Crippen LogP contribution in [0.1, 0.15) is 20.7 Å². The highest BCUT2D eigenvalue weighted by Gasteiger charge is 2.24. The Labute approximate surface area is 178 Å². The molecule has 1 heterocycles. The summed E-state index contributed by atoms with van der Waals surface area (Å²) in [5.74, 6) is -2.52. The molecule has 1 N–H and O–H groups in total. The molecule has 0 unspecified atom stereocenters. The van der Waals surface area contributed by atoms with Crippen molar-refractivity contribution in [1.82, 2.24) is 9.13 Å². The third-order valence-corrected chi connectivity index (χ3v) is 5.18. The Morgan fingerprint density at radius 3 is 2.13 bits per heavy atom. The standard InChI is InChI=1S/C21H11Cl2FN2O4/c22-14-2-1-3-15(23)18(14)19(27)26-16-9-6-12(24)10-17(16)25(21(26)30)13-7-4-11(5-8-13)20(28)29/h1-10H,(H,28,29). The van der Waals surface area contributed by atoms with E-state index in [4.69, 9.17) is 28.3 Å². The van der Waals surface area contributed by atoms with Crippen LogP contribution in [0.4, 0.5) is 4.39 Å². The van der Waals surface area contributed by atoms with Crippen LogP contribution in [-0.2, 0) is 0 Å². The van der Waals surface area contributed by atoms with Crippen molar-refractivity contribution < 1.29 is 19.1 Å². The first kappa shape index (κ1) is 19.9. The number of carbonyl (C=O) groups excluding carboxylic acids is 1. The summed E-state index contributed by atoms with van der Waals surface area (Å²) in [4.78, 5) is 37.5. The summed E-state index contributed by atoms with van der Waals surface area (Å²) < 4.78 is 15.9. The molecule has 0 aliphatic rings. The van der Waals surface area contributed by atoms with E-state index in [1.807, 2.05) is 0 Å². The van der Waals surface area contributed by atoms with Crippen LogP contribution in [-0.4, -0.2) is 26.1 Å². The second-order valence-electron chi connectivity index (χ2n) is 6.34. The lowest BCUT2D eigenvalue weighted by atomic mass is 10.2. The van der Waals surface area contributed by atoms with Crippen molar-refractivity contribution in [1.29, 1.82) is 0 Å². The Hall–Kier alpha value is -3.42. The Balaban J connectivity index is 2.01. The van der Waals surface area contributed by atoms with Crippen molar-refractivity contribution in [2.45, 2.75) is 0 Å². The van der Waals surface area contributed by atoms with Crippen molar-refractivity contribution in [3.8, 4) is 5.69 Å². The minimum Gasteiger partial charge on any atom is -0.478 e. The number of rotatable bonds is 3. The van der Waals surface area contributed by atoms with Gasteiger partial charge in [0.15, 0.2) is 0 Å². The fraction of sp³-hybridized carbons (Fsp3) is 0. The first-order chi connectivity index (χ1) is 14.3. The number of carboxylic acids is 1. The van der Waals surface area contributed by atoms with Gasteiger partial charge in [0.2, 0.25) is 0 Å². The minimum atomic E-state index is -1.13. The second kappa shape index (κ2) is 7.44. The van der Waals surface area contributed by atoms with Crippen LogP contribution in [0.3, 0.4) is 0 Å². The van der Waals surface area contributed by atoms with Crippen molar-refractivity contribution in [2.75, 3.05) is 0 Å². The van der Waals surface area contributed by atoms with Gasteiger partial charge in [0, 0.05) is 6.07 Å². The van der Waals surface area contributed by atoms with Gasteiger partial charge in [-0.3, -0.25) is 9.36 Å². The van der Waals surface area contributed by atoms with Crippen molar-refractivity contribution in [2.24, 2.45) is 0 Å². The van der Waals surface area contributed by atoms with Crippen molar-refractivity contribution >= 4 is 46.1 Å². The van der Waals surface area contributed by atoms with Crippen LogP contribution >= 0.6 is 23.2 Å². The normalized spacial score (nSPS) is 11.0. The van der Waals surface area contributed by atoms with E-state index in [1.165, 1.54) is 42.5 Å². The lowest BCUT2D eigenvalue weighted by Gasteiger charge is -2.06. The van der Waals surface area contributed by atoms with E-state index < -0.39 is 23.4 Å². The van der Waals surface area contributed by atoms with Crippen LogP contribution in [0.25, 0.3) is 16.7 Å². The molecule has 0 saturated heterocycles. The summed E-state index contributed by atoms with van der Waals surface area (Å²) >= 11 is 12.3. The maximum Gasteiger partial charge on any atom is 0.340 e. The predicted octanol–water partition coefficient (Wildman–Crippen LogP) is 4.62. The molecule has 30 heavy (non-hydrogen) atoms. The van der Waals surface area contributed by atoms with E-state index in [0.717, 1.165) is 21.3 Å². The summed E-state index contributed by atoms with van der Waals surface area (Å²) in [6.07, 6.45) is 0. The molecule has 0 aliphatic heterocycles. The summed E-state index contributed by atoms with van der Waals surface area (Å²) in [5.41, 5.74) is -0.297. The van der Waals surface area contributed by atoms with Gasteiger partial charge in [-0.2, -0.15) is 0 Å². The third kappa shape index (κ3) is 3.18. The lowest BCUT2D eigenvalue weighted by Crippen LogP contribution is -2.29. The lowest BCUT2D eigenvalue weighted by molar-refractivity contribution is 0.0696. The molecule has 0 bridgehead atoms. The number of aromatic nitrogens is 2. The number of hydrogen-bond acceptors (Lipinski definition) is 3. The van der Waals surface area contributed by atoms with E-state index in [0.29, 0.717) is 0 Å². The van der Waals surface area contributed by atoms with Crippen LogP contribution in [0.5, 0.6) is 0 Å². The highest BCUT2D eigenvalue weighted by Crippen LogP contribution is 2.27. The quantitative estimate of drug-likeness (QED) is 0.499. The zero-order chi connectivity index (χ0) is 21.6. The molecule has 0 aliphatic carbocycles. The van der Waals surface area contributed by atoms with E-state index in [-0.39, 0.29) is 37.9 Å². The van der Waals surface area contributed by atoms with Crippen LogP contribution < -0.4 is 5.69 Å². The number of carboxylic acid groups (broad SMARTS) is 1. The summed E-state index contributed by atoms with van der Waals surface area (Å²) in [6.45, 7) is 0. The van der Waals surface area contributed by atoms with Crippen LogP contribution in [0.15, 0.2) is 65.5 Å². The number of carbonyl (C=O) groups is 2. The fourth-order valence-electron chi connectivity index (χ4n) is 3.18. The van der Waals surface area contributed by atoms with Crippen LogP contribution in [0.2, 0.25) is 10.0 Å². The molecule has 150 valence electrons. The van der Waals surface area contributed by atoms with Crippen molar-refractivity contribution in [3.63, 3.8) is 0 Å². The van der Waals surface area contributed by atoms with Gasteiger partial charge in [-0.05, 0) is 48.5 Å². The zero-order valence-electron chi connectivity index (χ0n) is 15.0. The number of fused-ring (bicyclic) bond motifs is 1. The van der Waals surface area contributed by atoms with E-state index in [2.05, 4.69) is 0 Å². The molecule has 0 atom stereocenters. The topological polar surface area (TPSA) is 81.3 Å². The highest BCUT2D eigenvalue weighted by molar-refractivity contribution is 6.39. The molecule has 0 radical (unpaired) electrons. The molecule has 0 saturated carbocycles. The number of benzene rings is 3. The smallest absolute Gasteiger partial charge is 0.340 e. The number of imidazole rings is 1. The van der Waals surface area contributed by atoms with Crippen molar-refractivity contribution in [3.05, 3.63) is 98.1 Å². The van der Waals surface area contributed by atoms with E-state index >= 15 is 0 Å². The molecule has 0 spiro atoms. The number of nitrogens with zero attached hydrogens (tertiary/aromatic N) is 2. The van der Waals surface area contributed by atoms with Gasteiger partial charge >= 0.3 is 11.7 Å². The second-order valence-corrected chi connectivity index (χ2v) is 7.15. The first-order valence-corrected chi connectivity index (χ1v) is 9.30. The van der Waals surface area contributed by atoms with E-state index in [1.54, 1.807) is 6.07 Å². The van der Waals surface area contributed by atoms with Gasteiger partial charge in [-0.25, -0.2) is 18.5 Å². The summed E-state index contributed by atoms with van der Waals surface area (Å²) in [7, 11) is 0. The number of aromatic carboxylic acids is 1. The Bertz CT molecular complexity index is 1370. The monoisotopic (exact) mass is 444 g/mol. The van der Waals surface area contributed by atoms with Gasteiger partial charge in [-0.1, -0.05) is 29.3 Å². The zero-order valence-corrected chi connectivity index (χ0v) is 16.5. The molecular weight excluding hydrogens is 434 g/mol. The number of halogens is 3. The maximum atomic E-state index is 14.0.